The van der Waals surface area contributed by atoms with Gasteiger partial charge in [-0.05, 0) is 60.7 Å². The Labute approximate surface area is 192 Å². The molecule has 0 spiro atoms. The second-order valence-corrected chi connectivity index (χ2v) is 8.30. The molecule has 170 valence electrons. The molecule has 1 fully saturated rings. The normalized spacial score (nSPS) is 14.1. The van der Waals surface area contributed by atoms with Crippen LogP contribution in [-0.2, 0) is 4.79 Å². The fourth-order valence-electron chi connectivity index (χ4n) is 4.16. The monoisotopic (exact) mass is 448 g/mol. The highest BCUT2D eigenvalue weighted by atomic mass is 19.2. The lowest BCUT2D eigenvalue weighted by Crippen LogP contribution is -2.26. The summed E-state index contributed by atoms with van der Waals surface area (Å²) in [6.45, 7) is 1.64. The standard InChI is InChI=1S/C27H26F2N2O2/c28-23-16-22(20-12-14-30-15-13-20)17-24(27(23)29)31-26(33)11-10-25(32)21-8-6-19(7-9-21)18-4-2-1-3-5-18/h1-9,16-17,20,30H,10-15H2,(H,31,33). The Morgan fingerprint density at radius 3 is 2.24 bits per heavy atom. The van der Waals surface area contributed by atoms with Crippen molar-refractivity contribution in [2.45, 2.75) is 31.6 Å². The number of anilines is 1. The Morgan fingerprint density at radius 2 is 1.55 bits per heavy atom. The lowest BCUT2D eigenvalue weighted by atomic mass is 9.90. The van der Waals surface area contributed by atoms with Gasteiger partial charge < -0.3 is 10.6 Å². The van der Waals surface area contributed by atoms with E-state index in [1.165, 1.54) is 12.1 Å². The molecule has 3 aromatic rings. The number of rotatable bonds is 7. The average molecular weight is 449 g/mol. The molecule has 4 nitrogen and oxygen atoms in total. The Kier molecular flexibility index (Phi) is 7.25. The molecule has 0 atom stereocenters. The van der Waals surface area contributed by atoms with Crippen molar-refractivity contribution in [3.63, 3.8) is 0 Å². The average Bonchev–Trinajstić information content (AvgIpc) is 2.86. The first-order chi connectivity index (χ1) is 16.0. The Hall–Kier alpha value is -3.38. The van der Waals surface area contributed by atoms with Crippen LogP contribution < -0.4 is 10.6 Å². The van der Waals surface area contributed by atoms with Gasteiger partial charge in [0.25, 0.3) is 0 Å². The third kappa shape index (κ3) is 5.71. The van der Waals surface area contributed by atoms with Crippen molar-refractivity contribution in [2.24, 2.45) is 0 Å². The lowest BCUT2D eigenvalue weighted by Gasteiger charge is -2.23. The van der Waals surface area contributed by atoms with Crippen LogP contribution in [0, 0.1) is 11.6 Å². The smallest absolute Gasteiger partial charge is 0.224 e. The summed E-state index contributed by atoms with van der Waals surface area (Å²) in [7, 11) is 0. The summed E-state index contributed by atoms with van der Waals surface area (Å²) < 4.78 is 28.4. The molecule has 1 aliphatic heterocycles. The van der Waals surface area contributed by atoms with E-state index >= 15 is 0 Å². The third-order valence-corrected chi connectivity index (χ3v) is 6.03. The number of Topliss-reactive ketones (excluding diaryl/α,β-unsaturated/α-hetero) is 1. The van der Waals surface area contributed by atoms with Gasteiger partial charge in [-0.3, -0.25) is 9.59 Å². The number of ketones is 1. The van der Waals surface area contributed by atoms with E-state index in [0.717, 1.165) is 37.1 Å². The number of nitrogens with one attached hydrogen (secondary N) is 2. The van der Waals surface area contributed by atoms with E-state index in [9.17, 15) is 18.4 Å². The number of amides is 1. The SMILES string of the molecule is O=C(CCC(=O)c1ccc(-c2ccccc2)cc1)Nc1cc(C2CCNCC2)cc(F)c1F. The minimum atomic E-state index is -1.08. The zero-order valence-electron chi connectivity index (χ0n) is 18.2. The molecule has 33 heavy (non-hydrogen) atoms. The minimum absolute atomic E-state index is 0.0192. The number of hydrogen-bond donors (Lipinski definition) is 2. The van der Waals surface area contributed by atoms with Crippen molar-refractivity contribution in [3.8, 4) is 11.1 Å². The van der Waals surface area contributed by atoms with E-state index in [-0.39, 0.29) is 30.2 Å². The highest BCUT2D eigenvalue weighted by molar-refractivity contribution is 6.00. The van der Waals surface area contributed by atoms with E-state index < -0.39 is 17.5 Å². The predicted molar refractivity (Wildman–Crippen MR) is 125 cm³/mol. The number of carbonyl (C=O) groups excluding carboxylic acids is 2. The summed E-state index contributed by atoms with van der Waals surface area (Å²) in [5, 5.41) is 5.69. The van der Waals surface area contributed by atoms with Crippen molar-refractivity contribution in [3.05, 3.63) is 89.5 Å². The molecule has 0 unspecified atom stereocenters. The van der Waals surface area contributed by atoms with E-state index in [1.807, 2.05) is 42.5 Å². The summed E-state index contributed by atoms with van der Waals surface area (Å²) >= 11 is 0. The summed E-state index contributed by atoms with van der Waals surface area (Å²) in [5.41, 5.74) is 3.06. The van der Waals surface area contributed by atoms with E-state index in [1.54, 1.807) is 12.1 Å². The second-order valence-electron chi connectivity index (χ2n) is 8.30. The third-order valence-electron chi connectivity index (χ3n) is 6.03. The number of halogens is 2. The highest BCUT2D eigenvalue weighted by Gasteiger charge is 2.20. The van der Waals surface area contributed by atoms with Crippen LogP contribution in [0.4, 0.5) is 14.5 Å². The molecule has 1 saturated heterocycles. The van der Waals surface area contributed by atoms with Crippen LogP contribution in [0.15, 0.2) is 66.7 Å². The van der Waals surface area contributed by atoms with Gasteiger partial charge in [0.15, 0.2) is 17.4 Å². The van der Waals surface area contributed by atoms with Gasteiger partial charge in [0, 0.05) is 18.4 Å². The number of piperidine rings is 1. The molecular weight excluding hydrogens is 422 g/mol. The Balaban J connectivity index is 1.36. The van der Waals surface area contributed by atoms with Crippen molar-refractivity contribution >= 4 is 17.4 Å². The highest BCUT2D eigenvalue weighted by Crippen LogP contribution is 2.30. The topological polar surface area (TPSA) is 58.2 Å². The molecule has 2 N–H and O–H groups in total. The maximum Gasteiger partial charge on any atom is 0.224 e. The van der Waals surface area contributed by atoms with Crippen molar-refractivity contribution in [1.82, 2.24) is 5.32 Å². The van der Waals surface area contributed by atoms with Gasteiger partial charge in [-0.25, -0.2) is 8.78 Å². The molecule has 0 aromatic heterocycles. The first-order valence-electron chi connectivity index (χ1n) is 11.2. The van der Waals surface area contributed by atoms with Gasteiger partial charge in [0.2, 0.25) is 5.91 Å². The fourth-order valence-corrected chi connectivity index (χ4v) is 4.16. The quantitative estimate of drug-likeness (QED) is 0.456. The first kappa shape index (κ1) is 22.8. The van der Waals surface area contributed by atoms with E-state index in [4.69, 9.17) is 0 Å². The first-order valence-corrected chi connectivity index (χ1v) is 11.2. The van der Waals surface area contributed by atoms with Crippen LogP contribution in [0.5, 0.6) is 0 Å². The van der Waals surface area contributed by atoms with E-state index in [0.29, 0.717) is 11.1 Å². The molecule has 1 amide bonds. The summed E-state index contributed by atoms with van der Waals surface area (Å²) in [6.07, 6.45) is 1.53. The minimum Gasteiger partial charge on any atom is -0.323 e. The van der Waals surface area contributed by atoms with Gasteiger partial charge in [-0.1, -0.05) is 54.6 Å². The van der Waals surface area contributed by atoms with Crippen LogP contribution in [0.2, 0.25) is 0 Å². The summed E-state index contributed by atoms with van der Waals surface area (Å²) in [5.74, 6) is -2.64. The molecule has 0 aliphatic carbocycles. The molecule has 0 radical (unpaired) electrons. The molecule has 1 aliphatic rings. The van der Waals surface area contributed by atoms with Gasteiger partial charge in [0.05, 0.1) is 5.69 Å². The Morgan fingerprint density at radius 1 is 0.879 bits per heavy atom. The molecule has 3 aromatic carbocycles. The number of carbonyl (C=O) groups is 2. The Bertz CT molecular complexity index is 1120. The number of benzene rings is 3. The van der Waals surface area contributed by atoms with Crippen LogP contribution >= 0.6 is 0 Å². The van der Waals surface area contributed by atoms with Gasteiger partial charge in [-0.15, -0.1) is 0 Å². The van der Waals surface area contributed by atoms with E-state index in [2.05, 4.69) is 10.6 Å². The fraction of sp³-hybridized carbons (Fsp3) is 0.259. The zero-order chi connectivity index (χ0) is 23.2. The van der Waals surface area contributed by atoms with Crippen LogP contribution in [0.3, 0.4) is 0 Å². The largest absolute Gasteiger partial charge is 0.323 e. The van der Waals surface area contributed by atoms with Crippen molar-refractivity contribution in [1.29, 1.82) is 0 Å². The summed E-state index contributed by atoms with van der Waals surface area (Å²) in [6, 6.07) is 19.7. The molecule has 6 heteroatoms. The molecule has 1 heterocycles. The van der Waals surface area contributed by atoms with Gasteiger partial charge in [0.1, 0.15) is 0 Å². The zero-order valence-corrected chi connectivity index (χ0v) is 18.2. The second kappa shape index (κ2) is 10.5. The van der Waals surface area contributed by atoms with Crippen LogP contribution in [-0.4, -0.2) is 24.8 Å². The molecule has 0 bridgehead atoms. The predicted octanol–water partition coefficient (Wildman–Crippen LogP) is 5.70. The van der Waals surface area contributed by atoms with Gasteiger partial charge >= 0.3 is 0 Å². The van der Waals surface area contributed by atoms with Crippen molar-refractivity contribution in [2.75, 3.05) is 18.4 Å². The molecule has 4 rings (SSSR count). The van der Waals surface area contributed by atoms with Crippen LogP contribution in [0.25, 0.3) is 11.1 Å². The molecule has 0 saturated carbocycles. The van der Waals surface area contributed by atoms with Gasteiger partial charge in [-0.2, -0.15) is 0 Å². The van der Waals surface area contributed by atoms with Crippen molar-refractivity contribution < 1.29 is 18.4 Å². The lowest BCUT2D eigenvalue weighted by molar-refractivity contribution is -0.116. The number of hydrogen-bond acceptors (Lipinski definition) is 3. The molecular formula is C27H26F2N2O2. The van der Waals surface area contributed by atoms with Crippen LogP contribution in [0.1, 0.15) is 47.5 Å². The maximum atomic E-state index is 14.3. The maximum absolute atomic E-state index is 14.3. The summed E-state index contributed by atoms with van der Waals surface area (Å²) in [4.78, 5) is 24.9.